The molecule has 0 unspecified atom stereocenters. The molecule has 0 saturated carbocycles. The summed E-state index contributed by atoms with van der Waals surface area (Å²) in [5.74, 6) is 0.812. The summed E-state index contributed by atoms with van der Waals surface area (Å²) in [5, 5.41) is 12.2. The SMILES string of the molecule is COc1ccccc1C(=O)Nc1nnc(CC(C)C)s1. The Hall–Kier alpha value is -1.95. The van der Waals surface area contributed by atoms with Gasteiger partial charge in [-0.2, -0.15) is 0 Å². The molecular formula is C14H17N3O2S. The molecule has 1 heterocycles. The minimum absolute atomic E-state index is 0.241. The lowest BCUT2D eigenvalue weighted by Crippen LogP contribution is -2.12. The van der Waals surface area contributed by atoms with Crippen LogP contribution in [0.1, 0.15) is 29.2 Å². The number of ether oxygens (including phenoxy) is 1. The van der Waals surface area contributed by atoms with Gasteiger partial charge in [0.1, 0.15) is 10.8 Å². The second-order valence-corrected chi connectivity index (χ2v) is 5.82. The molecule has 0 bridgehead atoms. The van der Waals surface area contributed by atoms with Crippen molar-refractivity contribution in [2.75, 3.05) is 12.4 Å². The molecule has 2 aromatic rings. The molecule has 0 saturated heterocycles. The number of rotatable bonds is 5. The van der Waals surface area contributed by atoms with Crippen molar-refractivity contribution in [1.29, 1.82) is 0 Å². The first-order valence-corrected chi connectivity index (χ1v) is 7.18. The average molecular weight is 291 g/mol. The van der Waals surface area contributed by atoms with Crippen LogP contribution in [-0.2, 0) is 6.42 Å². The van der Waals surface area contributed by atoms with E-state index in [1.54, 1.807) is 18.2 Å². The van der Waals surface area contributed by atoms with E-state index < -0.39 is 0 Å². The summed E-state index contributed by atoms with van der Waals surface area (Å²) in [6.07, 6.45) is 0.863. The van der Waals surface area contributed by atoms with Crippen LogP contribution in [0, 0.1) is 5.92 Å². The largest absolute Gasteiger partial charge is 0.496 e. The highest BCUT2D eigenvalue weighted by Crippen LogP contribution is 2.22. The summed E-state index contributed by atoms with van der Waals surface area (Å²) in [6.45, 7) is 4.24. The Balaban J connectivity index is 2.09. The first kappa shape index (κ1) is 14.5. The van der Waals surface area contributed by atoms with Crippen LogP contribution in [0.2, 0.25) is 0 Å². The first-order valence-electron chi connectivity index (χ1n) is 6.37. The highest BCUT2D eigenvalue weighted by atomic mass is 32.1. The topological polar surface area (TPSA) is 64.1 Å². The Bertz CT molecular complexity index is 596. The quantitative estimate of drug-likeness (QED) is 0.919. The molecule has 0 fully saturated rings. The number of anilines is 1. The van der Waals surface area contributed by atoms with Crippen molar-refractivity contribution in [2.24, 2.45) is 5.92 Å². The minimum Gasteiger partial charge on any atom is -0.496 e. The van der Waals surface area contributed by atoms with Crippen LogP contribution < -0.4 is 10.1 Å². The van der Waals surface area contributed by atoms with Gasteiger partial charge in [-0.1, -0.05) is 37.3 Å². The lowest BCUT2D eigenvalue weighted by molar-refractivity contribution is 0.102. The number of para-hydroxylation sites is 1. The second-order valence-electron chi connectivity index (χ2n) is 4.75. The van der Waals surface area contributed by atoms with E-state index in [-0.39, 0.29) is 5.91 Å². The molecule has 2 rings (SSSR count). The zero-order valence-corrected chi connectivity index (χ0v) is 12.5. The van der Waals surface area contributed by atoms with Crippen molar-refractivity contribution >= 4 is 22.4 Å². The van der Waals surface area contributed by atoms with Gasteiger partial charge < -0.3 is 4.74 Å². The van der Waals surface area contributed by atoms with Crippen LogP contribution in [0.15, 0.2) is 24.3 Å². The predicted molar refractivity (Wildman–Crippen MR) is 79.4 cm³/mol. The Morgan fingerprint density at radius 3 is 2.80 bits per heavy atom. The molecule has 1 aromatic heterocycles. The van der Waals surface area contributed by atoms with Crippen molar-refractivity contribution in [2.45, 2.75) is 20.3 Å². The summed E-state index contributed by atoms with van der Waals surface area (Å²) in [4.78, 5) is 12.2. The summed E-state index contributed by atoms with van der Waals surface area (Å²) < 4.78 is 5.17. The average Bonchev–Trinajstić information content (AvgIpc) is 2.85. The molecule has 1 aromatic carbocycles. The predicted octanol–water partition coefficient (Wildman–Crippen LogP) is 3.00. The summed E-state index contributed by atoms with van der Waals surface area (Å²) in [6, 6.07) is 7.08. The fourth-order valence-electron chi connectivity index (χ4n) is 1.73. The number of benzene rings is 1. The Labute approximate surface area is 122 Å². The lowest BCUT2D eigenvalue weighted by Gasteiger charge is -2.06. The van der Waals surface area contributed by atoms with Crippen LogP contribution in [0.25, 0.3) is 0 Å². The Kier molecular flexibility index (Phi) is 4.68. The van der Waals surface area contributed by atoms with Crippen molar-refractivity contribution in [1.82, 2.24) is 10.2 Å². The molecule has 106 valence electrons. The van der Waals surface area contributed by atoms with Gasteiger partial charge in [-0.15, -0.1) is 10.2 Å². The number of carbonyl (C=O) groups excluding carboxylic acids is 1. The van der Waals surface area contributed by atoms with Crippen LogP contribution in [0.3, 0.4) is 0 Å². The first-order chi connectivity index (χ1) is 9.60. The van der Waals surface area contributed by atoms with Gasteiger partial charge in [-0.25, -0.2) is 0 Å². The number of methoxy groups -OCH3 is 1. The van der Waals surface area contributed by atoms with E-state index in [1.807, 2.05) is 6.07 Å². The van der Waals surface area contributed by atoms with Gasteiger partial charge in [0.25, 0.3) is 5.91 Å². The third kappa shape index (κ3) is 3.54. The van der Waals surface area contributed by atoms with Gasteiger partial charge in [0.2, 0.25) is 5.13 Å². The van der Waals surface area contributed by atoms with E-state index in [0.717, 1.165) is 11.4 Å². The molecule has 0 aliphatic rings. The van der Waals surface area contributed by atoms with Crippen molar-refractivity contribution < 1.29 is 9.53 Å². The second kappa shape index (κ2) is 6.47. The van der Waals surface area contributed by atoms with E-state index in [2.05, 4.69) is 29.4 Å². The van der Waals surface area contributed by atoms with Gasteiger partial charge >= 0.3 is 0 Å². The van der Waals surface area contributed by atoms with Crippen LogP contribution in [-0.4, -0.2) is 23.2 Å². The monoisotopic (exact) mass is 291 g/mol. The summed E-state index contributed by atoms with van der Waals surface area (Å²) >= 11 is 1.40. The molecule has 0 atom stereocenters. The van der Waals surface area contributed by atoms with Crippen molar-refractivity contribution in [3.8, 4) is 5.75 Å². The van der Waals surface area contributed by atoms with Crippen LogP contribution >= 0.6 is 11.3 Å². The standard InChI is InChI=1S/C14H17N3O2S/c1-9(2)8-12-16-17-14(20-12)15-13(18)10-6-4-5-7-11(10)19-3/h4-7,9H,8H2,1-3H3,(H,15,17,18). The highest BCUT2D eigenvalue weighted by molar-refractivity contribution is 7.15. The molecule has 0 aliphatic carbocycles. The van der Waals surface area contributed by atoms with E-state index in [0.29, 0.717) is 22.4 Å². The smallest absolute Gasteiger partial charge is 0.261 e. The zero-order chi connectivity index (χ0) is 14.5. The molecule has 0 radical (unpaired) electrons. The van der Waals surface area contributed by atoms with Gasteiger partial charge in [0.05, 0.1) is 12.7 Å². The highest BCUT2D eigenvalue weighted by Gasteiger charge is 2.14. The molecule has 1 amide bonds. The summed E-state index contributed by atoms with van der Waals surface area (Å²) in [5.41, 5.74) is 0.482. The third-order valence-corrected chi connectivity index (χ3v) is 3.48. The fraction of sp³-hybridized carbons (Fsp3) is 0.357. The van der Waals surface area contributed by atoms with E-state index in [1.165, 1.54) is 18.4 Å². The van der Waals surface area contributed by atoms with Gasteiger partial charge in [0, 0.05) is 6.42 Å². The van der Waals surface area contributed by atoms with Crippen LogP contribution in [0.4, 0.5) is 5.13 Å². The molecule has 1 N–H and O–H groups in total. The maximum absolute atomic E-state index is 12.2. The Morgan fingerprint density at radius 2 is 2.10 bits per heavy atom. The maximum Gasteiger partial charge on any atom is 0.261 e. The number of aromatic nitrogens is 2. The minimum atomic E-state index is -0.241. The van der Waals surface area contributed by atoms with E-state index in [9.17, 15) is 4.79 Å². The summed E-state index contributed by atoms with van der Waals surface area (Å²) in [7, 11) is 1.54. The molecule has 6 heteroatoms. The number of hydrogen-bond acceptors (Lipinski definition) is 5. The lowest BCUT2D eigenvalue weighted by atomic mass is 10.1. The molecule has 5 nitrogen and oxygen atoms in total. The molecular weight excluding hydrogens is 274 g/mol. The van der Waals surface area contributed by atoms with E-state index >= 15 is 0 Å². The number of carbonyl (C=O) groups is 1. The number of nitrogens with one attached hydrogen (secondary N) is 1. The normalized spacial score (nSPS) is 10.6. The number of nitrogens with zero attached hydrogens (tertiary/aromatic N) is 2. The molecule has 0 spiro atoms. The Morgan fingerprint density at radius 1 is 1.35 bits per heavy atom. The van der Waals surface area contributed by atoms with Crippen molar-refractivity contribution in [3.63, 3.8) is 0 Å². The third-order valence-electron chi connectivity index (χ3n) is 2.62. The molecule has 20 heavy (non-hydrogen) atoms. The molecule has 0 aliphatic heterocycles. The van der Waals surface area contributed by atoms with E-state index in [4.69, 9.17) is 4.74 Å². The maximum atomic E-state index is 12.2. The van der Waals surface area contributed by atoms with Gasteiger partial charge in [0.15, 0.2) is 0 Å². The fourth-order valence-corrected chi connectivity index (χ4v) is 2.68. The van der Waals surface area contributed by atoms with Crippen LogP contribution in [0.5, 0.6) is 5.75 Å². The van der Waals surface area contributed by atoms with Gasteiger partial charge in [-0.05, 0) is 18.1 Å². The number of amides is 1. The van der Waals surface area contributed by atoms with Crippen molar-refractivity contribution in [3.05, 3.63) is 34.8 Å². The van der Waals surface area contributed by atoms with Gasteiger partial charge in [-0.3, -0.25) is 10.1 Å². The zero-order valence-electron chi connectivity index (χ0n) is 11.7. The number of hydrogen-bond donors (Lipinski definition) is 1.